The summed E-state index contributed by atoms with van der Waals surface area (Å²) in [5, 5.41) is 17.5. The topological polar surface area (TPSA) is 126 Å². The molecule has 1 amide bonds. The van der Waals surface area contributed by atoms with Crippen molar-refractivity contribution in [2.75, 3.05) is 37.3 Å². The van der Waals surface area contributed by atoms with Gasteiger partial charge in [0.05, 0.1) is 4.92 Å². The van der Waals surface area contributed by atoms with Crippen LogP contribution in [-0.4, -0.2) is 75.7 Å². The van der Waals surface area contributed by atoms with E-state index in [1.54, 1.807) is 13.0 Å². The fourth-order valence-corrected chi connectivity index (χ4v) is 5.40. The number of likely N-dealkylation sites (N-methyl/N-ethyl adjacent to an activating group) is 1. The standard InChI is InChI=1S/C26H34F3N7O4/c1-17(37)34(2)21-11-12-35(16-21)20-9-7-18(8-10-20)13-30-24-22(36(38)39)15-32-25(33-24)31-14-19-5-3-4-6-23(19)40-26(27,28)29/h3-6,15,18,20-21H,7-14,16H2,1-2H3,(H2,30,31,32,33). The highest BCUT2D eigenvalue weighted by Crippen LogP contribution is 2.32. The van der Waals surface area contributed by atoms with Crippen LogP contribution in [0.1, 0.15) is 44.6 Å². The average molecular weight is 566 g/mol. The number of nitrogens with one attached hydrogen (secondary N) is 2. The van der Waals surface area contributed by atoms with Gasteiger partial charge in [0.15, 0.2) is 0 Å². The van der Waals surface area contributed by atoms with Crippen LogP contribution in [0.5, 0.6) is 5.75 Å². The molecule has 40 heavy (non-hydrogen) atoms. The third-order valence-corrected chi connectivity index (χ3v) is 7.73. The van der Waals surface area contributed by atoms with E-state index in [9.17, 15) is 28.1 Å². The van der Waals surface area contributed by atoms with Gasteiger partial charge in [-0.1, -0.05) is 18.2 Å². The third-order valence-electron chi connectivity index (χ3n) is 7.73. The Balaban J connectivity index is 1.32. The Labute approximate surface area is 230 Å². The second kappa shape index (κ2) is 12.7. The molecule has 4 rings (SSSR count). The number of anilines is 2. The predicted molar refractivity (Wildman–Crippen MR) is 142 cm³/mol. The van der Waals surface area contributed by atoms with Gasteiger partial charge in [-0.05, 0) is 44.1 Å². The molecule has 1 unspecified atom stereocenters. The third kappa shape index (κ3) is 7.71. The Bertz CT molecular complexity index is 1190. The summed E-state index contributed by atoms with van der Waals surface area (Å²) in [5.74, 6) is 0.136. The summed E-state index contributed by atoms with van der Waals surface area (Å²) in [6, 6.07) is 6.40. The van der Waals surface area contributed by atoms with Gasteiger partial charge in [0, 0.05) is 57.8 Å². The van der Waals surface area contributed by atoms with Gasteiger partial charge in [0.25, 0.3) is 0 Å². The summed E-state index contributed by atoms with van der Waals surface area (Å²) in [6.45, 7) is 3.88. The SMILES string of the molecule is CC(=O)N(C)C1CCN(C2CCC(CNc3nc(NCc4ccccc4OC(F)(F)F)ncc3[N+](=O)[O-])CC2)C1. The quantitative estimate of drug-likeness (QED) is 0.318. The van der Waals surface area contributed by atoms with Crippen molar-refractivity contribution in [2.45, 2.75) is 64.0 Å². The number of alkyl halides is 3. The molecular weight excluding hydrogens is 531 g/mol. The Morgan fingerprint density at radius 1 is 1.20 bits per heavy atom. The van der Waals surface area contributed by atoms with Crippen LogP contribution in [0, 0.1) is 16.0 Å². The lowest BCUT2D eigenvalue weighted by Gasteiger charge is -2.35. The molecule has 2 aliphatic rings. The van der Waals surface area contributed by atoms with E-state index in [0.29, 0.717) is 18.5 Å². The van der Waals surface area contributed by atoms with Crippen LogP contribution >= 0.6 is 0 Å². The summed E-state index contributed by atoms with van der Waals surface area (Å²) in [4.78, 5) is 35.2. The van der Waals surface area contributed by atoms with Crippen molar-refractivity contribution in [3.05, 3.63) is 46.1 Å². The first-order chi connectivity index (χ1) is 19.0. The minimum absolute atomic E-state index is 0.0396. The molecule has 14 heteroatoms. The Morgan fingerprint density at radius 2 is 1.93 bits per heavy atom. The number of nitro groups is 1. The summed E-state index contributed by atoms with van der Waals surface area (Å²) in [7, 11) is 1.85. The lowest BCUT2D eigenvalue weighted by molar-refractivity contribution is -0.384. The van der Waals surface area contributed by atoms with E-state index in [1.807, 2.05) is 11.9 Å². The van der Waals surface area contributed by atoms with Gasteiger partial charge in [-0.3, -0.25) is 19.8 Å². The van der Waals surface area contributed by atoms with Crippen LogP contribution in [0.15, 0.2) is 30.5 Å². The molecule has 0 bridgehead atoms. The number of halogens is 3. The molecule has 1 aromatic carbocycles. The van der Waals surface area contributed by atoms with Crippen molar-refractivity contribution < 1.29 is 27.6 Å². The largest absolute Gasteiger partial charge is 0.573 e. The number of hydrogen-bond donors (Lipinski definition) is 2. The van der Waals surface area contributed by atoms with Crippen LogP contribution < -0.4 is 15.4 Å². The molecular formula is C26H34F3N7O4. The smallest absolute Gasteiger partial charge is 0.405 e. The Hall–Kier alpha value is -3.68. The van der Waals surface area contributed by atoms with E-state index in [2.05, 4.69) is 30.2 Å². The molecule has 0 spiro atoms. The summed E-state index contributed by atoms with van der Waals surface area (Å²) < 4.78 is 42.2. The molecule has 1 saturated carbocycles. The first-order valence-corrected chi connectivity index (χ1v) is 13.3. The number of carbonyl (C=O) groups excluding carboxylic acids is 1. The van der Waals surface area contributed by atoms with Gasteiger partial charge in [0.2, 0.25) is 17.7 Å². The van der Waals surface area contributed by atoms with E-state index >= 15 is 0 Å². The van der Waals surface area contributed by atoms with Gasteiger partial charge >= 0.3 is 12.0 Å². The molecule has 1 atom stereocenters. The van der Waals surface area contributed by atoms with Crippen LogP contribution in [0.25, 0.3) is 0 Å². The number of para-hydroxylation sites is 1. The normalized spacial score (nSPS) is 21.6. The number of hydrogen-bond acceptors (Lipinski definition) is 9. The minimum atomic E-state index is -4.83. The molecule has 2 heterocycles. The van der Waals surface area contributed by atoms with Crippen LogP contribution in [0.4, 0.5) is 30.6 Å². The Morgan fingerprint density at radius 3 is 2.60 bits per heavy atom. The van der Waals surface area contributed by atoms with Gasteiger partial charge in [-0.2, -0.15) is 4.98 Å². The Kier molecular flexibility index (Phi) is 9.28. The van der Waals surface area contributed by atoms with Crippen molar-refractivity contribution in [1.82, 2.24) is 19.8 Å². The number of likely N-dealkylation sites (tertiary alicyclic amines) is 1. The number of carbonyl (C=O) groups is 1. The van der Waals surface area contributed by atoms with Crippen LogP contribution in [0.3, 0.4) is 0 Å². The molecule has 2 fully saturated rings. The lowest BCUT2D eigenvalue weighted by atomic mass is 9.85. The van der Waals surface area contributed by atoms with E-state index in [4.69, 9.17) is 0 Å². The molecule has 1 aliphatic carbocycles. The summed E-state index contributed by atoms with van der Waals surface area (Å²) in [5.41, 5.74) is -0.0527. The molecule has 11 nitrogen and oxygen atoms in total. The van der Waals surface area contributed by atoms with E-state index in [-0.39, 0.29) is 47.3 Å². The van der Waals surface area contributed by atoms with Crippen molar-refractivity contribution in [2.24, 2.45) is 5.92 Å². The van der Waals surface area contributed by atoms with Gasteiger partial charge in [-0.25, -0.2) is 4.98 Å². The maximum Gasteiger partial charge on any atom is 0.573 e. The fourth-order valence-electron chi connectivity index (χ4n) is 5.40. The number of rotatable bonds is 10. The first-order valence-electron chi connectivity index (χ1n) is 13.3. The number of nitrogens with zero attached hydrogens (tertiary/aromatic N) is 5. The zero-order valence-corrected chi connectivity index (χ0v) is 22.5. The van der Waals surface area contributed by atoms with Crippen LogP contribution in [0.2, 0.25) is 0 Å². The highest BCUT2D eigenvalue weighted by Gasteiger charge is 2.34. The number of amides is 1. The highest BCUT2D eigenvalue weighted by molar-refractivity contribution is 5.73. The highest BCUT2D eigenvalue weighted by atomic mass is 19.4. The zero-order chi connectivity index (χ0) is 28.9. The predicted octanol–water partition coefficient (Wildman–Crippen LogP) is 4.42. The maximum absolute atomic E-state index is 12.7. The second-order valence-corrected chi connectivity index (χ2v) is 10.3. The number of benzene rings is 1. The minimum Gasteiger partial charge on any atom is -0.405 e. The monoisotopic (exact) mass is 565 g/mol. The van der Waals surface area contributed by atoms with Crippen molar-refractivity contribution >= 4 is 23.4 Å². The molecule has 1 saturated heterocycles. The molecule has 1 aromatic heterocycles. The van der Waals surface area contributed by atoms with E-state index in [0.717, 1.165) is 51.4 Å². The lowest BCUT2D eigenvalue weighted by Crippen LogP contribution is -2.41. The maximum atomic E-state index is 12.7. The molecule has 0 radical (unpaired) electrons. The molecule has 218 valence electrons. The van der Waals surface area contributed by atoms with Crippen molar-refractivity contribution in [1.29, 1.82) is 0 Å². The van der Waals surface area contributed by atoms with Crippen molar-refractivity contribution in [3.63, 3.8) is 0 Å². The van der Waals surface area contributed by atoms with E-state index < -0.39 is 11.3 Å². The van der Waals surface area contributed by atoms with Gasteiger partial charge in [-0.15, -0.1) is 13.2 Å². The van der Waals surface area contributed by atoms with Gasteiger partial charge in [0.1, 0.15) is 11.9 Å². The summed E-state index contributed by atoms with van der Waals surface area (Å²) in [6.07, 6.45) is 1.17. The van der Waals surface area contributed by atoms with Crippen molar-refractivity contribution in [3.8, 4) is 5.75 Å². The first kappa shape index (κ1) is 29.3. The number of ether oxygens (including phenoxy) is 1. The van der Waals surface area contributed by atoms with Crippen LogP contribution in [-0.2, 0) is 11.3 Å². The average Bonchev–Trinajstić information content (AvgIpc) is 3.40. The fraction of sp³-hybridized carbons (Fsp3) is 0.577. The second-order valence-electron chi connectivity index (χ2n) is 10.3. The molecule has 2 N–H and O–H groups in total. The zero-order valence-electron chi connectivity index (χ0n) is 22.5. The summed E-state index contributed by atoms with van der Waals surface area (Å²) >= 11 is 0. The van der Waals surface area contributed by atoms with E-state index in [1.165, 1.54) is 18.2 Å². The molecule has 2 aromatic rings. The van der Waals surface area contributed by atoms with Gasteiger partial charge < -0.3 is 20.3 Å². The number of aromatic nitrogens is 2. The molecule has 1 aliphatic heterocycles.